The van der Waals surface area contributed by atoms with Gasteiger partial charge in [0.15, 0.2) is 0 Å². The summed E-state index contributed by atoms with van der Waals surface area (Å²) in [5, 5.41) is 8.73. The van der Waals surface area contributed by atoms with Gasteiger partial charge in [0.1, 0.15) is 0 Å². The highest BCUT2D eigenvalue weighted by atomic mass is 35.5. The Morgan fingerprint density at radius 3 is 2.47 bits per heavy atom. The molecule has 0 heterocycles. The van der Waals surface area contributed by atoms with Gasteiger partial charge < -0.3 is 5.11 Å². The minimum Gasteiger partial charge on any atom is -0.393 e. The third-order valence-electron chi connectivity index (χ3n) is 1.87. The first-order chi connectivity index (χ1) is 6.80. The smallest absolute Gasteiger partial charge is 0.393 e. The van der Waals surface area contributed by atoms with Crippen molar-refractivity contribution in [3.63, 3.8) is 0 Å². The van der Waals surface area contributed by atoms with Crippen LogP contribution in [-0.2, 0) is 12.6 Å². The maximum atomic E-state index is 12.4. The molecule has 0 spiro atoms. The summed E-state index contributed by atoms with van der Waals surface area (Å²) in [6, 6.07) is 3.64. The molecule has 0 bridgehead atoms. The number of hydrogen-bond donors (Lipinski definition) is 1. The predicted octanol–water partition coefficient (Wildman–Crippen LogP) is 3.28. The van der Waals surface area contributed by atoms with E-state index in [0.29, 0.717) is 5.56 Å². The van der Waals surface area contributed by atoms with Crippen LogP contribution in [0.1, 0.15) is 18.1 Å². The Labute approximate surface area is 90.5 Å². The van der Waals surface area contributed by atoms with Crippen molar-refractivity contribution >= 4 is 11.6 Å². The molecule has 1 N–H and O–H groups in total. The summed E-state index contributed by atoms with van der Waals surface area (Å²) in [6.45, 7) is 1.52. The van der Waals surface area contributed by atoms with Gasteiger partial charge in [-0.3, -0.25) is 0 Å². The van der Waals surface area contributed by atoms with E-state index in [1.54, 1.807) is 0 Å². The molecule has 0 saturated heterocycles. The lowest BCUT2D eigenvalue weighted by Gasteiger charge is -2.11. The molecule has 1 aromatic rings. The summed E-state index contributed by atoms with van der Waals surface area (Å²) in [4.78, 5) is 0. The molecule has 1 atom stereocenters. The van der Waals surface area contributed by atoms with Crippen LogP contribution in [-0.4, -0.2) is 11.2 Å². The lowest BCUT2D eigenvalue weighted by Crippen LogP contribution is -2.09. The Bertz CT molecular complexity index is 347. The number of aliphatic hydroxyl groups is 1. The monoisotopic (exact) mass is 238 g/mol. The molecule has 0 aliphatic heterocycles. The predicted molar refractivity (Wildman–Crippen MR) is 51.8 cm³/mol. The Balaban J connectivity index is 3.06. The fourth-order valence-corrected chi connectivity index (χ4v) is 1.48. The average Bonchev–Trinajstić information content (AvgIpc) is 2.05. The lowest BCUT2D eigenvalue weighted by molar-refractivity contribution is -0.137. The van der Waals surface area contributed by atoms with Crippen LogP contribution in [0.15, 0.2) is 18.2 Å². The highest BCUT2D eigenvalue weighted by molar-refractivity contribution is 6.31. The maximum absolute atomic E-state index is 12.4. The summed E-state index contributed by atoms with van der Waals surface area (Å²) in [7, 11) is 0. The molecule has 1 rings (SSSR count). The second kappa shape index (κ2) is 4.41. The molecule has 84 valence electrons. The number of rotatable bonds is 2. The molecular weight excluding hydrogens is 229 g/mol. The van der Waals surface area contributed by atoms with Crippen LogP contribution in [0.2, 0.25) is 5.02 Å². The average molecular weight is 239 g/mol. The van der Waals surface area contributed by atoms with Gasteiger partial charge in [0.25, 0.3) is 0 Å². The van der Waals surface area contributed by atoms with E-state index in [0.717, 1.165) is 6.07 Å². The van der Waals surface area contributed by atoms with Gasteiger partial charge in [-0.15, -0.1) is 0 Å². The molecule has 1 nitrogen and oxygen atoms in total. The molecule has 15 heavy (non-hydrogen) atoms. The zero-order valence-corrected chi connectivity index (χ0v) is 8.73. The van der Waals surface area contributed by atoms with Crippen LogP contribution in [0, 0.1) is 0 Å². The second-order valence-electron chi connectivity index (χ2n) is 3.37. The van der Waals surface area contributed by atoms with Crippen molar-refractivity contribution < 1.29 is 18.3 Å². The van der Waals surface area contributed by atoms with Crippen LogP contribution in [0.25, 0.3) is 0 Å². The minimum atomic E-state index is -4.45. The molecule has 1 aromatic carbocycles. The van der Waals surface area contributed by atoms with E-state index in [4.69, 9.17) is 16.7 Å². The number of halogens is 4. The van der Waals surface area contributed by atoms with Gasteiger partial charge in [-0.2, -0.15) is 13.2 Å². The first kappa shape index (κ1) is 12.3. The largest absolute Gasteiger partial charge is 0.417 e. The molecule has 0 saturated carbocycles. The summed E-state index contributed by atoms with van der Waals surface area (Å²) >= 11 is 5.43. The van der Waals surface area contributed by atoms with Crippen LogP contribution in [0.3, 0.4) is 0 Å². The number of alkyl halides is 3. The molecule has 0 aliphatic rings. The molecule has 0 fully saturated rings. The van der Waals surface area contributed by atoms with Crippen molar-refractivity contribution in [2.24, 2.45) is 0 Å². The standard InChI is InChI=1S/C10H10ClF3O/c1-6(15)4-7-2-3-9(11)8(5-7)10(12,13)14/h2-3,5-6,15H,4H2,1H3/t6-/m1/s1. The first-order valence-corrected chi connectivity index (χ1v) is 4.72. The van der Waals surface area contributed by atoms with Crippen molar-refractivity contribution in [3.05, 3.63) is 34.3 Å². The van der Waals surface area contributed by atoms with Crippen LogP contribution in [0.5, 0.6) is 0 Å². The van der Waals surface area contributed by atoms with Crippen molar-refractivity contribution in [2.45, 2.75) is 25.6 Å². The summed E-state index contributed by atoms with van der Waals surface area (Å²) < 4.78 is 37.3. The highest BCUT2D eigenvalue weighted by Gasteiger charge is 2.33. The summed E-state index contributed by atoms with van der Waals surface area (Å²) in [6.07, 6.45) is -4.95. The molecule has 0 amide bonds. The van der Waals surface area contributed by atoms with Crippen molar-refractivity contribution in [3.8, 4) is 0 Å². The molecule has 0 unspecified atom stereocenters. The zero-order chi connectivity index (χ0) is 11.6. The van der Waals surface area contributed by atoms with Gasteiger partial charge in [0.2, 0.25) is 0 Å². The Morgan fingerprint density at radius 1 is 1.40 bits per heavy atom. The van der Waals surface area contributed by atoms with Crippen molar-refractivity contribution in [2.75, 3.05) is 0 Å². The van der Waals surface area contributed by atoms with Crippen molar-refractivity contribution in [1.29, 1.82) is 0 Å². The number of aliphatic hydroxyl groups excluding tert-OH is 1. The van der Waals surface area contributed by atoms with Gasteiger partial charge in [0.05, 0.1) is 16.7 Å². The Morgan fingerprint density at radius 2 is 2.00 bits per heavy atom. The number of hydrogen-bond acceptors (Lipinski definition) is 1. The van der Waals surface area contributed by atoms with E-state index in [-0.39, 0.29) is 11.4 Å². The van der Waals surface area contributed by atoms with E-state index >= 15 is 0 Å². The SMILES string of the molecule is C[C@@H](O)Cc1ccc(Cl)c(C(F)(F)F)c1. The van der Waals surface area contributed by atoms with Gasteiger partial charge in [-0.1, -0.05) is 17.7 Å². The van der Waals surface area contributed by atoms with Gasteiger partial charge in [-0.05, 0) is 31.0 Å². The second-order valence-corrected chi connectivity index (χ2v) is 3.77. The van der Waals surface area contributed by atoms with E-state index in [1.165, 1.54) is 19.1 Å². The molecule has 0 aromatic heterocycles. The van der Waals surface area contributed by atoms with Gasteiger partial charge >= 0.3 is 6.18 Å². The Kier molecular flexibility index (Phi) is 3.62. The third kappa shape index (κ3) is 3.39. The van der Waals surface area contributed by atoms with E-state index in [9.17, 15) is 13.2 Å². The highest BCUT2D eigenvalue weighted by Crippen LogP contribution is 2.35. The fraction of sp³-hybridized carbons (Fsp3) is 0.400. The van der Waals surface area contributed by atoms with Gasteiger partial charge in [0, 0.05) is 0 Å². The molecular formula is C10H10ClF3O. The minimum absolute atomic E-state index is 0.181. The van der Waals surface area contributed by atoms with E-state index < -0.39 is 17.8 Å². The normalized spacial score (nSPS) is 14.0. The van der Waals surface area contributed by atoms with Crippen LogP contribution in [0.4, 0.5) is 13.2 Å². The lowest BCUT2D eigenvalue weighted by atomic mass is 10.1. The molecule has 0 radical (unpaired) electrons. The maximum Gasteiger partial charge on any atom is 0.417 e. The van der Waals surface area contributed by atoms with Crippen molar-refractivity contribution in [1.82, 2.24) is 0 Å². The molecule has 0 aliphatic carbocycles. The van der Waals surface area contributed by atoms with E-state index in [2.05, 4.69) is 0 Å². The topological polar surface area (TPSA) is 20.2 Å². The van der Waals surface area contributed by atoms with Gasteiger partial charge in [-0.25, -0.2) is 0 Å². The first-order valence-electron chi connectivity index (χ1n) is 4.34. The Hall–Kier alpha value is -0.740. The van der Waals surface area contributed by atoms with E-state index in [1.807, 2.05) is 0 Å². The number of benzene rings is 1. The third-order valence-corrected chi connectivity index (χ3v) is 2.20. The zero-order valence-electron chi connectivity index (χ0n) is 7.98. The molecule has 5 heteroatoms. The fourth-order valence-electron chi connectivity index (χ4n) is 1.26. The quantitative estimate of drug-likeness (QED) is 0.838. The summed E-state index contributed by atoms with van der Waals surface area (Å²) in [5.74, 6) is 0. The summed E-state index contributed by atoms with van der Waals surface area (Å²) in [5.41, 5.74) is -0.441. The van der Waals surface area contributed by atoms with Crippen LogP contribution < -0.4 is 0 Å². The van der Waals surface area contributed by atoms with Crippen LogP contribution >= 0.6 is 11.6 Å².